The van der Waals surface area contributed by atoms with Gasteiger partial charge in [0.1, 0.15) is 11.9 Å². The first kappa shape index (κ1) is 19.9. The number of hydrogen-bond donors (Lipinski definition) is 0. The first-order chi connectivity index (χ1) is 13.1. The first-order valence-electron chi connectivity index (χ1n) is 10.4. The summed E-state index contributed by atoms with van der Waals surface area (Å²) in [6, 6.07) is 19.4. The van der Waals surface area contributed by atoms with Gasteiger partial charge in [-0.25, -0.2) is 0 Å². The quantitative estimate of drug-likeness (QED) is 0.668. The molecule has 0 bridgehead atoms. The third-order valence-corrected chi connectivity index (χ3v) is 5.46. The summed E-state index contributed by atoms with van der Waals surface area (Å²) < 4.78 is 6.32. The Labute approximate surface area is 164 Å². The van der Waals surface area contributed by atoms with E-state index >= 15 is 0 Å². The van der Waals surface area contributed by atoms with Crippen molar-refractivity contribution < 1.29 is 4.74 Å². The van der Waals surface area contributed by atoms with Crippen molar-refractivity contribution in [1.82, 2.24) is 9.80 Å². The van der Waals surface area contributed by atoms with Crippen molar-refractivity contribution >= 4 is 0 Å². The Bertz CT molecular complexity index is 678. The molecule has 27 heavy (non-hydrogen) atoms. The van der Waals surface area contributed by atoms with Gasteiger partial charge in [0.2, 0.25) is 0 Å². The lowest BCUT2D eigenvalue weighted by molar-refractivity contribution is 0.0794. The molecule has 146 valence electrons. The Morgan fingerprint density at radius 1 is 0.889 bits per heavy atom. The first-order valence-corrected chi connectivity index (χ1v) is 10.4. The summed E-state index contributed by atoms with van der Waals surface area (Å²) >= 11 is 0. The minimum Gasteiger partial charge on any atom is -0.489 e. The molecule has 1 unspecified atom stereocenters. The monoisotopic (exact) mass is 366 g/mol. The van der Waals surface area contributed by atoms with Crippen molar-refractivity contribution in [2.75, 3.05) is 32.7 Å². The second kappa shape index (κ2) is 9.91. The molecule has 0 aliphatic carbocycles. The van der Waals surface area contributed by atoms with Gasteiger partial charge in [-0.05, 0) is 35.6 Å². The Morgan fingerprint density at radius 3 is 2.26 bits per heavy atom. The van der Waals surface area contributed by atoms with Gasteiger partial charge < -0.3 is 4.74 Å². The second-order valence-corrected chi connectivity index (χ2v) is 7.94. The summed E-state index contributed by atoms with van der Waals surface area (Å²) in [5.41, 5.74) is 2.75. The fourth-order valence-electron chi connectivity index (χ4n) is 3.65. The molecule has 1 heterocycles. The third-order valence-electron chi connectivity index (χ3n) is 5.46. The maximum atomic E-state index is 6.32. The van der Waals surface area contributed by atoms with Gasteiger partial charge in [0.05, 0.1) is 0 Å². The zero-order chi connectivity index (χ0) is 19.1. The van der Waals surface area contributed by atoms with E-state index in [1.54, 1.807) is 0 Å². The van der Waals surface area contributed by atoms with E-state index in [-0.39, 0.29) is 6.10 Å². The van der Waals surface area contributed by atoms with Crippen LogP contribution in [0.3, 0.4) is 0 Å². The molecule has 0 aromatic heterocycles. The highest BCUT2D eigenvalue weighted by atomic mass is 16.5. The fourth-order valence-corrected chi connectivity index (χ4v) is 3.65. The molecule has 1 aliphatic rings. The van der Waals surface area contributed by atoms with Gasteiger partial charge in [-0.1, -0.05) is 63.2 Å². The molecule has 1 aliphatic heterocycles. The molecule has 1 fully saturated rings. The summed E-state index contributed by atoms with van der Waals surface area (Å²) in [6.45, 7) is 13.3. The molecule has 2 aromatic rings. The Morgan fingerprint density at radius 2 is 1.59 bits per heavy atom. The predicted molar refractivity (Wildman–Crippen MR) is 113 cm³/mol. The fraction of sp³-hybridized carbons (Fsp3) is 0.500. The van der Waals surface area contributed by atoms with Crippen LogP contribution in [0.25, 0.3) is 0 Å². The number of piperazine rings is 1. The molecule has 0 N–H and O–H groups in total. The van der Waals surface area contributed by atoms with E-state index in [9.17, 15) is 0 Å². The maximum Gasteiger partial charge on any atom is 0.120 e. The molecule has 0 radical (unpaired) electrons. The molecule has 0 saturated carbocycles. The van der Waals surface area contributed by atoms with Crippen molar-refractivity contribution in [3.63, 3.8) is 0 Å². The number of nitrogens with zero attached hydrogens (tertiary/aromatic N) is 2. The van der Waals surface area contributed by atoms with Gasteiger partial charge in [-0.3, -0.25) is 9.80 Å². The van der Waals surface area contributed by atoms with Crippen molar-refractivity contribution in [2.45, 2.75) is 45.8 Å². The summed E-state index contributed by atoms with van der Waals surface area (Å²) in [4.78, 5) is 5.11. The van der Waals surface area contributed by atoms with Crippen molar-refractivity contribution in [1.29, 1.82) is 0 Å². The standard InChI is InChI=1S/C24H34N2O/c1-4-23(27-24-12-8-11-22(17-24)20(2)3)19-26-15-13-25(14-16-26)18-21-9-6-5-7-10-21/h5-12,17,20,23H,4,13-16,18-19H2,1-3H3. The van der Waals surface area contributed by atoms with Gasteiger partial charge in [0.15, 0.2) is 0 Å². The van der Waals surface area contributed by atoms with Gasteiger partial charge in [-0.15, -0.1) is 0 Å². The van der Waals surface area contributed by atoms with Crippen LogP contribution in [0.4, 0.5) is 0 Å². The molecule has 0 amide bonds. The van der Waals surface area contributed by atoms with Gasteiger partial charge >= 0.3 is 0 Å². The molecule has 2 aromatic carbocycles. The van der Waals surface area contributed by atoms with Crippen LogP contribution >= 0.6 is 0 Å². The van der Waals surface area contributed by atoms with E-state index < -0.39 is 0 Å². The van der Waals surface area contributed by atoms with Crippen LogP contribution in [0.5, 0.6) is 5.75 Å². The molecule has 3 nitrogen and oxygen atoms in total. The number of hydrogen-bond acceptors (Lipinski definition) is 3. The van der Waals surface area contributed by atoms with Crippen LogP contribution in [-0.4, -0.2) is 48.6 Å². The van der Waals surface area contributed by atoms with Crippen LogP contribution < -0.4 is 4.74 Å². The van der Waals surface area contributed by atoms with Crippen LogP contribution in [0.1, 0.15) is 44.2 Å². The normalized spacial score (nSPS) is 17.2. The molecule has 3 rings (SSSR count). The smallest absolute Gasteiger partial charge is 0.120 e. The maximum absolute atomic E-state index is 6.32. The van der Waals surface area contributed by atoms with Crippen molar-refractivity contribution in [3.8, 4) is 5.75 Å². The van der Waals surface area contributed by atoms with E-state index in [4.69, 9.17) is 4.74 Å². The SMILES string of the molecule is CCC(CN1CCN(Cc2ccccc2)CC1)Oc1cccc(C(C)C)c1. The topological polar surface area (TPSA) is 15.7 Å². The zero-order valence-corrected chi connectivity index (χ0v) is 17.1. The summed E-state index contributed by atoms with van der Waals surface area (Å²) in [7, 11) is 0. The summed E-state index contributed by atoms with van der Waals surface area (Å²) in [6.07, 6.45) is 1.30. The van der Waals surface area contributed by atoms with E-state index in [2.05, 4.69) is 85.2 Å². The van der Waals surface area contributed by atoms with Crippen LogP contribution in [0.15, 0.2) is 54.6 Å². The van der Waals surface area contributed by atoms with Crippen molar-refractivity contribution in [3.05, 3.63) is 65.7 Å². The molecular formula is C24H34N2O. The van der Waals surface area contributed by atoms with Gasteiger partial charge in [-0.2, -0.15) is 0 Å². The van der Waals surface area contributed by atoms with Crippen LogP contribution in [0.2, 0.25) is 0 Å². The summed E-state index contributed by atoms with van der Waals surface area (Å²) in [5, 5.41) is 0. The van der Waals surface area contributed by atoms with E-state index in [0.29, 0.717) is 5.92 Å². The second-order valence-electron chi connectivity index (χ2n) is 7.94. The average Bonchev–Trinajstić information content (AvgIpc) is 2.70. The Kier molecular flexibility index (Phi) is 7.31. The highest BCUT2D eigenvalue weighted by molar-refractivity contribution is 5.30. The highest BCUT2D eigenvalue weighted by Gasteiger charge is 2.20. The van der Waals surface area contributed by atoms with E-state index in [1.165, 1.54) is 11.1 Å². The van der Waals surface area contributed by atoms with Gasteiger partial charge in [0.25, 0.3) is 0 Å². The zero-order valence-electron chi connectivity index (χ0n) is 17.1. The minimum absolute atomic E-state index is 0.257. The minimum atomic E-state index is 0.257. The molecule has 1 atom stereocenters. The van der Waals surface area contributed by atoms with Crippen molar-refractivity contribution in [2.24, 2.45) is 0 Å². The highest BCUT2D eigenvalue weighted by Crippen LogP contribution is 2.22. The molecule has 3 heteroatoms. The lowest BCUT2D eigenvalue weighted by Crippen LogP contribution is -2.48. The molecule has 0 spiro atoms. The summed E-state index contributed by atoms with van der Waals surface area (Å²) in [5.74, 6) is 1.54. The van der Waals surface area contributed by atoms with Gasteiger partial charge in [0, 0.05) is 39.3 Å². The molecule has 1 saturated heterocycles. The third kappa shape index (κ3) is 6.08. The number of benzene rings is 2. The number of ether oxygens (including phenoxy) is 1. The average molecular weight is 367 g/mol. The molecular weight excluding hydrogens is 332 g/mol. The number of rotatable bonds is 8. The van der Waals surface area contributed by atoms with E-state index in [1.807, 2.05) is 0 Å². The van der Waals surface area contributed by atoms with Crippen LogP contribution in [-0.2, 0) is 6.54 Å². The Hall–Kier alpha value is -1.84. The largest absolute Gasteiger partial charge is 0.489 e. The predicted octanol–water partition coefficient (Wildman–Crippen LogP) is 4.79. The lowest BCUT2D eigenvalue weighted by Gasteiger charge is -2.36. The van der Waals surface area contributed by atoms with E-state index in [0.717, 1.165) is 51.4 Å². The van der Waals surface area contributed by atoms with Crippen LogP contribution in [0, 0.1) is 0 Å². The lowest BCUT2D eigenvalue weighted by atomic mass is 10.0. The Balaban J connectivity index is 1.47.